The smallest absolute Gasteiger partial charge is 0.317 e. The lowest BCUT2D eigenvalue weighted by molar-refractivity contribution is -0.122. The Kier molecular flexibility index (Phi) is 3.20. The van der Waals surface area contributed by atoms with E-state index in [2.05, 4.69) is 5.32 Å². The van der Waals surface area contributed by atoms with Crippen LogP contribution in [-0.2, 0) is 10.2 Å². The summed E-state index contributed by atoms with van der Waals surface area (Å²) in [5.74, 6) is 0.0970. The standard InChI is InChI=1S/C17H23N3O2/c1-16(2,3)18-15(22)20-10-9-17(11-20)12-7-5-6-8-13(12)19(4)14(17)21/h5-8H,9-11H2,1-4H3,(H,18,22)/t17-/m1/s1. The van der Waals surface area contributed by atoms with Crippen LogP contribution in [0.25, 0.3) is 0 Å². The van der Waals surface area contributed by atoms with Crippen LogP contribution in [0.3, 0.4) is 0 Å². The van der Waals surface area contributed by atoms with Gasteiger partial charge in [0.1, 0.15) is 0 Å². The van der Waals surface area contributed by atoms with E-state index in [0.717, 1.165) is 11.3 Å². The molecule has 2 aliphatic heterocycles. The zero-order valence-electron chi connectivity index (χ0n) is 13.6. The summed E-state index contributed by atoms with van der Waals surface area (Å²) in [6, 6.07) is 7.80. The Morgan fingerprint density at radius 1 is 1.27 bits per heavy atom. The molecule has 1 N–H and O–H groups in total. The Morgan fingerprint density at radius 3 is 2.64 bits per heavy atom. The highest BCUT2D eigenvalue weighted by Gasteiger charge is 2.54. The molecule has 5 nitrogen and oxygen atoms in total. The van der Waals surface area contributed by atoms with Crippen LogP contribution in [0.15, 0.2) is 24.3 Å². The maximum Gasteiger partial charge on any atom is 0.317 e. The van der Waals surface area contributed by atoms with Gasteiger partial charge in [0.15, 0.2) is 0 Å². The van der Waals surface area contributed by atoms with Crippen molar-refractivity contribution < 1.29 is 9.59 Å². The molecule has 2 aliphatic rings. The Labute approximate surface area is 131 Å². The molecule has 2 heterocycles. The molecular formula is C17H23N3O2. The summed E-state index contributed by atoms with van der Waals surface area (Å²) < 4.78 is 0. The van der Waals surface area contributed by atoms with Crippen LogP contribution >= 0.6 is 0 Å². The van der Waals surface area contributed by atoms with Crippen molar-refractivity contribution in [3.05, 3.63) is 29.8 Å². The first-order chi connectivity index (χ1) is 10.2. The van der Waals surface area contributed by atoms with Gasteiger partial charge < -0.3 is 15.1 Å². The number of amides is 3. The lowest BCUT2D eigenvalue weighted by atomic mass is 9.81. The van der Waals surface area contributed by atoms with Gasteiger partial charge in [0.25, 0.3) is 0 Å². The number of anilines is 1. The fourth-order valence-electron chi connectivity index (χ4n) is 3.49. The molecular weight excluding hydrogens is 278 g/mol. The number of likely N-dealkylation sites (N-methyl/N-ethyl adjacent to an activating group) is 1. The van der Waals surface area contributed by atoms with E-state index in [4.69, 9.17) is 0 Å². The number of urea groups is 1. The van der Waals surface area contributed by atoms with E-state index in [1.807, 2.05) is 52.1 Å². The van der Waals surface area contributed by atoms with Gasteiger partial charge >= 0.3 is 6.03 Å². The molecule has 1 saturated heterocycles. The normalized spacial score (nSPS) is 24.1. The molecule has 3 rings (SSSR count). The minimum absolute atomic E-state index is 0.0933. The van der Waals surface area contributed by atoms with Gasteiger partial charge in [-0.15, -0.1) is 0 Å². The fourth-order valence-corrected chi connectivity index (χ4v) is 3.49. The predicted molar refractivity (Wildman–Crippen MR) is 86.0 cm³/mol. The molecule has 0 radical (unpaired) electrons. The highest BCUT2D eigenvalue weighted by molar-refractivity contribution is 6.08. The van der Waals surface area contributed by atoms with Crippen molar-refractivity contribution in [1.82, 2.24) is 10.2 Å². The van der Waals surface area contributed by atoms with Gasteiger partial charge in [0, 0.05) is 31.4 Å². The largest absolute Gasteiger partial charge is 0.333 e. The number of carbonyl (C=O) groups is 2. The Bertz CT molecular complexity index is 635. The molecule has 1 spiro atoms. The molecule has 3 amide bonds. The van der Waals surface area contributed by atoms with Crippen molar-refractivity contribution in [3.63, 3.8) is 0 Å². The van der Waals surface area contributed by atoms with Crippen LogP contribution in [0.5, 0.6) is 0 Å². The minimum Gasteiger partial charge on any atom is -0.333 e. The van der Waals surface area contributed by atoms with Crippen LogP contribution in [0.2, 0.25) is 0 Å². The highest BCUT2D eigenvalue weighted by Crippen LogP contribution is 2.46. The summed E-state index contributed by atoms with van der Waals surface area (Å²) in [5.41, 5.74) is 1.17. The Morgan fingerprint density at radius 2 is 1.95 bits per heavy atom. The van der Waals surface area contributed by atoms with Crippen LogP contribution < -0.4 is 10.2 Å². The molecule has 0 bridgehead atoms. The Balaban J connectivity index is 1.88. The van der Waals surface area contributed by atoms with Gasteiger partial charge in [0.05, 0.1) is 5.41 Å². The summed E-state index contributed by atoms with van der Waals surface area (Å²) in [4.78, 5) is 28.7. The summed E-state index contributed by atoms with van der Waals surface area (Å²) in [6.07, 6.45) is 0.685. The monoisotopic (exact) mass is 301 g/mol. The molecule has 1 atom stereocenters. The second-order valence-electron chi connectivity index (χ2n) is 7.32. The Hall–Kier alpha value is -2.04. The molecule has 0 unspecified atom stereocenters. The quantitative estimate of drug-likeness (QED) is 0.798. The third-order valence-electron chi connectivity index (χ3n) is 4.53. The van der Waals surface area contributed by atoms with E-state index in [1.165, 1.54) is 0 Å². The third kappa shape index (κ3) is 2.16. The van der Waals surface area contributed by atoms with Crippen molar-refractivity contribution in [2.24, 2.45) is 0 Å². The zero-order chi connectivity index (χ0) is 16.1. The van der Waals surface area contributed by atoms with Crippen molar-refractivity contribution in [2.75, 3.05) is 25.0 Å². The van der Waals surface area contributed by atoms with Gasteiger partial charge in [-0.25, -0.2) is 4.79 Å². The SMILES string of the molecule is CN1C(=O)[C@@]2(CCN(C(=O)NC(C)(C)C)C2)c2ccccc21. The van der Waals surface area contributed by atoms with E-state index in [-0.39, 0.29) is 17.5 Å². The van der Waals surface area contributed by atoms with Crippen molar-refractivity contribution >= 4 is 17.6 Å². The number of fused-ring (bicyclic) bond motifs is 2. The van der Waals surface area contributed by atoms with Crippen molar-refractivity contribution in [3.8, 4) is 0 Å². The first kappa shape index (κ1) is 14.9. The molecule has 1 aromatic carbocycles. The number of carbonyl (C=O) groups excluding carboxylic acids is 2. The number of para-hydroxylation sites is 1. The molecule has 1 aromatic rings. The second kappa shape index (κ2) is 4.73. The minimum atomic E-state index is -0.569. The average Bonchev–Trinajstić information content (AvgIpc) is 2.97. The number of nitrogens with zero attached hydrogens (tertiary/aromatic N) is 2. The van der Waals surface area contributed by atoms with Crippen LogP contribution in [0.4, 0.5) is 10.5 Å². The lowest BCUT2D eigenvalue weighted by Gasteiger charge is -2.27. The highest BCUT2D eigenvalue weighted by atomic mass is 16.2. The molecule has 118 valence electrons. The summed E-state index contributed by atoms with van der Waals surface area (Å²) >= 11 is 0. The van der Waals surface area contributed by atoms with Crippen molar-refractivity contribution in [2.45, 2.75) is 38.1 Å². The fraction of sp³-hybridized carbons (Fsp3) is 0.529. The van der Waals surface area contributed by atoms with Crippen molar-refractivity contribution in [1.29, 1.82) is 0 Å². The molecule has 0 aromatic heterocycles. The molecule has 5 heteroatoms. The average molecular weight is 301 g/mol. The van der Waals surface area contributed by atoms with E-state index < -0.39 is 5.41 Å². The van der Waals surface area contributed by atoms with E-state index in [1.54, 1.807) is 9.80 Å². The van der Waals surface area contributed by atoms with Gasteiger partial charge in [-0.2, -0.15) is 0 Å². The number of hydrogen-bond donors (Lipinski definition) is 1. The summed E-state index contributed by atoms with van der Waals surface area (Å²) in [5, 5.41) is 2.98. The summed E-state index contributed by atoms with van der Waals surface area (Å²) in [6.45, 7) is 6.94. The van der Waals surface area contributed by atoms with Gasteiger partial charge in [0.2, 0.25) is 5.91 Å². The van der Waals surface area contributed by atoms with Gasteiger partial charge in [-0.05, 0) is 38.8 Å². The van der Waals surface area contributed by atoms with Crippen LogP contribution in [0, 0.1) is 0 Å². The number of benzene rings is 1. The molecule has 22 heavy (non-hydrogen) atoms. The second-order valence-corrected chi connectivity index (χ2v) is 7.32. The first-order valence-corrected chi connectivity index (χ1v) is 7.69. The van der Waals surface area contributed by atoms with Gasteiger partial charge in [-0.3, -0.25) is 4.79 Å². The summed E-state index contributed by atoms with van der Waals surface area (Å²) in [7, 11) is 1.81. The van der Waals surface area contributed by atoms with E-state index >= 15 is 0 Å². The van der Waals surface area contributed by atoms with E-state index in [0.29, 0.717) is 19.5 Å². The maximum atomic E-state index is 12.8. The van der Waals surface area contributed by atoms with Gasteiger partial charge in [-0.1, -0.05) is 18.2 Å². The van der Waals surface area contributed by atoms with Crippen LogP contribution in [0.1, 0.15) is 32.8 Å². The number of rotatable bonds is 0. The lowest BCUT2D eigenvalue weighted by Crippen LogP contribution is -2.49. The predicted octanol–water partition coefficient (Wildman–Crippen LogP) is 2.11. The number of nitrogens with one attached hydrogen (secondary N) is 1. The number of hydrogen-bond acceptors (Lipinski definition) is 2. The van der Waals surface area contributed by atoms with Crippen LogP contribution in [-0.4, -0.2) is 42.5 Å². The van der Waals surface area contributed by atoms with E-state index in [9.17, 15) is 9.59 Å². The third-order valence-corrected chi connectivity index (χ3v) is 4.53. The zero-order valence-corrected chi connectivity index (χ0v) is 13.6. The molecule has 1 fully saturated rings. The first-order valence-electron chi connectivity index (χ1n) is 7.69. The topological polar surface area (TPSA) is 52.7 Å². The molecule has 0 saturated carbocycles. The maximum absolute atomic E-state index is 12.8. The number of likely N-dealkylation sites (tertiary alicyclic amines) is 1. The molecule has 0 aliphatic carbocycles.